The van der Waals surface area contributed by atoms with Crippen molar-refractivity contribution >= 4 is 24.2 Å². The van der Waals surface area contributed by atoms with Crippen molar-refractivity contribution in [2.45, 2.75) is 25.8 Å². The number of benzene rings is 4. The van der Waals surface area contributed by atoms with Crippen LogP contribution in [0, 0.1) is 0 Å². The molecule has 1 aliphatic heterocycles. The Kier molecular flexibility index (Phi) is 5.79. The summed E-state index contributed by atoms with van der Waals surface area (Å²) >= 11 is 0. The van der Waals surface area contributed by atoms with Crippen LogP contribution in [0.15, 0.2) is 115 Å². The monoisotopic (exact) mass is 432 g/mol. The molecule has 0 aromatic heterocycles. The molecule has 5 rings (SSSR count). The van der Waals surface area contributed by atoms with Gasteiger partial charge < -0.3 is 4.74 Å². The van der Waals surface area contributed by atoms with Crippen molar-refractivity contribution in [1.82, 2.24) is 0 Å². The Labute approximate surface area is 192 Å². The van der Waals surface area contributed by atoms with E-state index < -0.39 is 8.07 Å². The number of fused-ring (bicyclic) bond motifs is 3. The highest BCUT2D eigenvalue weighted by atomic mass is 28.3. The summed E-state index contributed by atoms with van der Waals surface area (Å²) in [6.45, 7) is 2.28. The third-order valence-electron chi connectivity index (χ3n) is 6.47. The fourth-order valence-electron chi connectivity index (χ4n) is 4.84. The van der Waals surface area contributed by atoms with E-state index in [-0.39, 0.29) is 0 Å². The summed E-state index contributed by atoms with van der Waals surface area (Å²) in [7, 11) is -2.23. The second kappa shape index (κ2) is 9.02. The van der Waals surface area contributed by atoms with Crippen LogP contribution in [0.2, 0.25) is 6.04 Å². The van der Waals surface area contributed by atoms with Crippen LogP contribution in [0.5, 0.6) is 5.75 Å². The molecule has 32 heavy (non-hydrogen) atoms. The molecule has 0 radical (unpaired) electrons. The Morgan fingerprint density at radius 3 is 1.78 bits per heavy atom. The minimum absolute atomic E-state index is 0.942. The smallest absolute Gasteiger partial charge is 0.145 e. The van der Waals surface area contributed by atoms with Crippen molar-refractivity contribution in [3.63, 3.8) is 0 Å². The SMILES string of the molecule is CCCC[Si](/C=C1\Oc2ccccc2-c2ccccc21)(c1ccccc1)c1ccccc1. The Bertz CT molecular complexity index is 1190. The molecule has 4 aromatic rings. The molecule has 0 amide bonds. The van der Waals surface area contributed by atoms with Gasteiger partial charge >= 0.3 is 0 Å². The van der Waals surface area contributed by atoms with Gasteiger partial charge in [0.25, 0.3) is 0 Å². The van der Waals surface area contributed by atoms with Crippen LogP contribution in [-0.4, -0.2) is 8.07 Å². The molecule has 0 saturated carbocycles. The number of ether oxygens (including phenoxy) is 1. The van der Waals surface area contributed by atoms with Crippen LogP contribution in [0.4, 0.5) is 0 Å². The number of rotatable bonds is 6. The van der Waals surface area contributed by atoms with Gasteiger partial charge in [-0.1, -0.05) is 123 Å². The van der Waals surface area contributed by atoms with E-state index in [1.165, 1.54) is 39.9 Å². The lowest BCUT2D eigenvalue weighted by molar-refractivity contribution is 0.512. The molecule has 0 unspecified atom stereocenters. The minimum Gasteiger partial charge on any atom is -0.457 e. The zero-order valence-corrected chi connectivity index (χ0v) is 19.5. The van der Waals surface area contributed by atoms with E-state index in [1.54, 1.807) is 0 Å². The highest BCUT2D eigenvalue weighted by molar-refractivity contribution is 7.06. The Morgan fingerprint density at radius 2 is 1.16 bits per heavy atom. The molecule has 2 heteroatoms. The molecule has 0 atom stereocenters. The number of hydrogen-bond acceptors (Lipinski definition) is 1. The zero-order valence-electron chi connectivity index (χ0n) is 18.5. The van der Waals surface area contributed by atoms with Gasteiger partial charge in [0.15, 0.2) is 0 Å². The van der Waals surface area contributed by atoms with E-state index in [9.17, 15) is 0 Å². The second-order valence-corrected chi connectivity index (χ2v) is 12.3. The molecular formula is C30H28OSi. The molecular weight excluding hydrogens is 404 g/mol. The third-order valence-corrected chi connectivity index (χ3v) is 11.1. The van der Waals surface area contributed by atoms with Gasteiger partial charge in [-0.15, -0.1) is 0 Å². The number of hydrogen-bond donors (Lipinski definition) is 0. The van der Waals surface area contributed by atoms with Crippen LogP contribution >= 0.6 is 0 Å². The number of unbranched alkanes of at least 4 members (excludes halogenated alkanes) is 1. The zero-order chi connectivity index (χ0) is 21.8. The summed E-state index contributed by atoms with van der Waals surface area (Å²) in [5, 5.41) is 2.87. The van der Waals surface area contributed by atoms with Crippen LogP contribution in [0.3, 0.4) is 0 Å². The highest BCUT2D eigenvalue weighted by Crippen LogP contribution is 2.42. The van der Waals surface area contributed by atoms with Crippen LogP contribution in [-0.2, 0) is 0 Å². The first-order valence-corrected chi connectivity index (χ1v) is 13.8. The maximum absolute atomic E-state index is 6.63. The molecule has 0 spiro atoms. The Hall–Kier alpha value is -3.36. The van der Waals surface area contributed by atoms with Crippen LogP contribution in [0.25, 0.3) is 16.9 Å². The molecule has 158 valence electrons. The van der Waals surface area contributed by atoms with Crippen molar-refractivity contribution in [1.29, 1.82) is 0 Å². The molecule has 0 N–H and O–H groups in total. The van der Waals surface area contributed by atoms with Crippen molar-refractivity contribution in [2.24, 2.45) is 0 Å². The van der Waals surface area contributed by atoms with Gasteiger partial charge in [0.2, 0.25) is 0 Å². The van der Waals surface area contributed by atoms with E-state index in [0.29, 0.717) is 0 Å². The van der Waals surface area contributed by atoms with Gasteiger partial charge in [-0.2, -0.15) is 0 Å². The fraction of sp³-hybridized carbons (Fsp3) is 0.133. The molecule has 0 aliphatic carbocycles. The topological polar surface area (TPSA) is 9.23 Å². The summed E-state index contributed by atoms with van der Waals surface area (Å²) in [4.78, 5) is 0. The van der Waals surface area contributed by atoms with Gasteiger partial charge in [-0.3, -0.25) is 0 Å². The first-order chi connectivity index (χ1) is 15.8. The van der Waals surface area contributed by atoms with Gasteiger partial charge in [-0.25, -0.2) is 0 Å². The summed E-state index contributed by atoms with van der Waals surface area (Å²) in [6, 6.07) is 40.4. The maximum atomic E-state index is 6.63. The predicted molar refractivity (Wildman–Crippen MR) is 138 cm³/mol. The Morgan fingerprint density at radius 1 is 0.625 bits per heavy atom. The van der Waals surface area contributed by atoms with E-state index in [2.05, 4.69) is 122 Å². The highest BCUT2D eigenvalue weighted by Gasteiger charge is 2.36. The number of para-hydroxylation sites is 1. The average molecular weight is 433 g/mol. The van der Waals surface area contributed by atoms with Crippen LogP contribution in [0.1, 0.15) is 25.3 Å². The molecule has 0 fully saturated rings. The summed E-state index contributed by atoms with van der Waals surface area (Å²) < 4.78 is 6.63. The van der Waals surface area contributed by atoms with Crippen molar-refractivity contribution < 1.29 is 4.74 Å². The van der Waals surface area contributed by atoms with Gasteiger partial charge in [-0.05, 0) is 33.7 Å². The average Bonchev–Trinajstić information content (AvgIpc) is 2.87. The molecule has 1 aliphatic rings. The standard InChI is InChI=1S/C30H28OSi/c1-2-3-22-32(24-14-6-4-7-15-24,25-16-8-5-9-17-25)23-30-28-20-11-10-18-26(28)27-19-12-13-21-29(27)31-30/h4-21,23H,2-3,22H2,1H3/b30-23-. The van der Waals surface area contributed by atoms with Crippen molar-refractivity contribution in [3.05, 3.63) is 120 Å². The summed E-state index contributed by atoms with van der Waals surface area (Å²) in [5.41, 5.74) is 6.12. The largest absolute Gasteiger partial charge is 0.457 e. The van der Waals surface area contributed by atoms with Gasteiger partial charge in [0.05, 0.1) is 0 Å². The summed E-state index contributed by atoms with van der Waals surface area (Å²) in [6.07, 6.45) is 2.37. The first-order valence-electron chi connectivity index (χ1n) is 11.5. The lowest BCUT2D eigenvalue weighted by Crippen LogP contribution is -2.57. The molecule has 4 aromatic carbocycles. The quantitative estimate of drug-likeness (QED) is 0.308. The van der Waals surface area contributed by atoms with Gasteiger partial charge in [0, 0.05) is 11.1 Å². The van der Waals surface area contributed by atoms with Crippen LogP contribution < -0.4 is 15.1 Å². The lowest BCUT2D eigenvalue weighted by atomic mass is 9.96. The van der Waals surface area contributed by atoms with Crippen molar-refractivity contribution in [3.8, 4) is 16.9 Å². The molecule has 1 nitrogen and oxygen atoms in total. The summed E-state index contributed by atoms with van der Waals surface area (Å²) in [5.74, 6) is 1.94. The Balaban J connectivity index is 1.76. The minimum atomic E-state index is -2.23. The van der Waals surface area contributed by atoms with Gasteiger partial charge in [0.1, 0.15) is 19.6 Å². The molecule has 0 bridgehead atoms. The maximum Gasteiger partial charge on any atom is 0.145 e. The normalized spacial score (nSPS) is 13.8. The lowest BCUT2D eigenvalue weighted by Gasteiger charge is -2.32. The van der Waals surface area contributed by atoms with E-state index in [4.69, 9.17) is 4.74 Å². The fourth-order valence-corrected chi connectivity index (χ4v) is 9.37. The van der Waals surface area contributed by atoms with E-state index in [0.717, 1.165) is 17.6 Å². The third kappa shape index (κ3) is 3.72. The van der Waals surface area contributed by atoms with E-state index >= 15 is 0 Å². The second-order valence-electron chi connectivity index (χ2n) is 8.46. The molecule has 0 saturated heterocycles. The van der Waals surface area contributed by atoms with Crippen molar-refractivity contribution in [2.75, 3.05) is 0 Å². The molecule has 1 heterocycles. The first kappa shape index (κ1) is 20.5. The van der Waals surface area contributed by atoms with E-state index in [1.807, 2.05) is 0 Å². The predicted octanol–water partition coefficient (Wildman–Crippen LogP) is 6.69.